The molecule has 4 heteroatoms. The molecule has 1 N–H and O–H groups in total. The van der Waals surface area contributed by atoms with Crippen molar-refractivity contribution < 1.29 is 0 Å². The molecule has 0 spiro atoms. The lowest BCUT2D eigenvalue weighted by Crippen LogP contribution is -2.00. The number of thiophene rings is 1. The first-order chi connectivity index (χ1) is 7.65. The highest BCUT2D eigenvalue weighted by Gasteiger charge is 2.01. The molecule has 0 aliphatic heterocycles. The highest BCUT2D eigenvalue weighted by atomic mass is 32.1. The van der Waals surface area contributed by atoms with Crippen LogP contribution in [0.3, 0.4) is 0 Å². The summed E-state index contributed by atoms with van der Waals surface area (Å²) >= 11 is 1.83. The molecule has 0 bridgehead atoms. The Hall–Kier alpha value is -1.42. The molecule has 0 saturated heterocycles. The summed E-state index contributed by atoms with van der Waals surface area (Å²) < 4.78 is 0. The second kappa shape index (κ2) is 4.61. The largest absolute Gasteiger partial charge is 0.365 e. The molecule has 0 unspecified atom stereocenters. The molecule has 2 rings (SSSR count). The van der Waals surface area contributed by atoms with E-state index in [9.17, 15) is 0 Å². The summed E-state index contributed by atoms with van der Waals surface area (Å²) in [7, 11) is 0. The summed E-state index contributed by atoms with van der Waals surface area (Å²) in [5.74, 6) is 0.885. The van der Waals surface area contributed by atoms with Gasteiger partial charge in [0.15, 0.2) is 0 Å². The molecule has 0 saturated carbocycles. The van der Waals surface area contributed by atoms with Gasteiger partial charge in [0.05, 0.1) is 6.54 Å². The van der Waals surface area contributed by atoms with Gasteiger partial charge in [-0.05, 0) is 32.4 Å². The molecule has 0 fully saturated rings. The van der Waals surface area contributed by atoms with Gasteiger partial charge in [0.25, 0.3) is 0 Å². The third-order valence-corrected chi connectivity index (χ3v) is 3.62. The SMILES string of the molecule is Cc1cc(NCc2cc(C)c(C)s2)ncn1. The zero-order chi connectivity index (χ0) is 11.5. The average molecular weight is 233 g/mol. The van der Waals surface area contributed by atoms with Gasteiger partial charge in [-0.1, -0.05) is 0 Å². The van der Waals surface area contributed by atoms with Crippen molar-refractivity contribution in [1.29, 1.82) is 0 Å². The van der Waals surface area contributed by atoms with Crippen LogP contribution in [0.1, 0.15) is 21.0 Å². The van der Waals surface area contributed by atoms with Crippen molar-refractivity contribution in [2.45, 2.75) is 27.3 Å². The van der Waals surface area contributed by atoms with Crippen LogP contribution in [0, 0.1) is 20.8 Å². The molecule has 0 aliphatic carbocycles. The average Bonchev–Trinajstić information content (AvgIpc) is 2.56. The fourth-order valence-corrected chi connectivity index (χ4v) is 2.46. The van der Waals surface area contributed by atoms with Gasteiger partial charge in [-0.15, -0.1) is 11.3 Å². The van der Waals surface area contributed by atoms with Crippen molar-refractivity contribution in [1.82, 2.24) is 9.97 Å². The van der Waals surface area contributed by atoms with Crippen LogP contribution in [-0.4, -0.2) is 9.97 Å². The Bertz CT molecular complexity index is 471. The first-order valence-electron chi connectivity index (χ1n) is 5.23. The van der Waals surface area contributed by atoms with E-state index in [1.807, 2.05) is 24.3 Å². The minimum Gasteiger partial charge on any atom is -0.365 e. The van der Waals surface area contributed by atoms with Gasteiger partial charge in [-0.25, -0.2) is 9.97 Å². The van der Waals surface area contributed by atoms with E-state index in [2.05, 4.69) is 35.2 Å². The Morgan fingerprint density at radius 3 is 2.62 bits per heavy atom. The Morgan fingerprint density at radius 2 is 2.00 bits per heavy atom. The fourth-order valence-electron chi connectivity index (χ4n) is 1.47. The lowest BCUT2D eigenvalue weighted by Gasteiger charge is -2.03. The molecule has 0 aliphatic rings. The van der Waals surface area contributed by atoms with E-state index in [1.54, 1.807) is 6.33 Å². The van der Waals surface area contributed by atoms with Crippen LogP contribution in [0.5, 0.6) is 0 Å². The van der Waals surface area contributed by atoms with Gasteiger partial charge in [0.2, 0.25) is 0 Å². The minimum absolute atomic E-state index is 0.829. The maximum absolute atomic E-state index is 4.17. The second-order valence-corrected chi connectivity index (χ2v) is 5.19. The maximum atomic E-state index is 4.17. The highest BCUT2D eigenvalue weighted by molar-refractivity contribution is 7.12. The molecule has 0 radical (unpaired) electrons. The Labute approximate surface area is 99.6 Å². The molecule has 16 heavy (non-hydrogen) atoms. The molecule has 2 aromatic rings. The van der Waals surface area contributed by atoms with Crippen molar-refractivity contribution in [3.8, 4) is 0 Å². The summed E-state index contributed by atoms with van der Waals surface area (Å²) in [6, 6.07) is 4.17. The van der Waals surface area contributed by atoms with Crippen LogP contribution in [0.25, 0.3) is 0 Å². The fraction of sp³-hybridized carbons (Fsp3) is 0.333. The highest BCUT2D eigenvalue weighted by Crippen LogP contribution is 2.21. The van der Waals surface area contributed by atoms with Crippen LogP contribution in [0.15, 0.2) is 18.5 Å². The number of rotatable bonds is 3. The number of anilines is 1. The number of aromatic nitrogens is 2. The van der Waals surface area contributed by atoms with Crippen LogP contribution in [0.2, 0.25) is 0 Å². The quantitative estimate of drug-likeness (QED) is 0.885. The van der Waals surface area contributed by atoms with Gasteiger partial charge in [0, 0.05) is 21.5 Å². The molecule has 0 amide bonds. The summed E-state index contributed by atoms with van der Waals surface area (Å²) in [6.45, 7) is 7.09. The lowest BCUT2D eigenvalue weighted by molar-refractivity contribution is 1.06. The van der Waals surface area contributed by atoms with Crippen LogP contribution in [-0.2, 0) is 6.54 Å². The molecule has 0 atom stereocenters. The Balaban J connectivity index is 2.02. The van der Waals surface area contributed by atoms with Crippen LogP contribution >= 0.6 is 11.3 Å². The maximum Gasteiger partial charge on any atom is 0.129 e. The summed E-state index contributed by atoms with van der Waals surface area (Å²) in [6.07, 6.45) is 1.59. The third-order valence-electron chi connectivity index (χ3n) is 2.46. The number of nitrogens with zero attached hydrogens (tertiary/aromatic N) is 2. The topological polar surface area (TPSA) is 37.8 Å². The molecule has 3 nitrogen and oxygen atoms in total. The van der Waals surface area contributed by atoms with Crippen molar-refractivity contribution in [3.63, 3.8) is 0 Å². The molecule has 2 aromatic heterocycles. The van der Waals surface area contributed by atoms with Crippen molar-refractivity contribution in [2.24, 2.45) is 0 Å². The van der Waals surface area contributed by atoms with Crippen LogP contribution < -0.4 is 5.32 Å². The number of hydrogen-bond donors (Lipinski definition) is 1. The van der Waals surface area contributed by atoms with Gasteiger partial charge in [-0.3, -0.25) is 0 Å². The zero-order valence-electron chi connectivity index (χ0n) is 9.74. The van der Waals surface area contributed by atoms with Crippen LogP contribution in [0.4, 0.5) is 5.82 Å². The lowest BCUT2D eigenvalue weighted by atomic mass is 10.3. The van der Waals surface area contributed by atoms with Gasteiger partial charge >= 0.3 is 0 Å². The third kappa shape index (κ3) is 2.58. The smallest absolute Gasteiger partial charge is 0.129 e. The number of nitrogens with one attached hydrogen (secondary N) is 1. The number of hydrogen-bond acceptors (Lipinski definition) is 4. The van der Waals surface area contributed by atoms with E-state index in [-0.39, 0.29) is 0 Å². The van der Waals surface area contributed by atoms with E-state index < -0.39 is 0 Å². The van der Waals surface area contributed by atoms with Gasteiger partial charge < -0.3 is 5.32 Å². The summed E-state index contributed by atoms with van der Waals surface area (Å²) in [4.78, 5) is 11.0. The molecule has 84 valence electrons. The Kier molecular flexibility index (Phi) is 3.19. The Morgan fingerprint density at radius 1 is 1.19 bits per heavy atom. The molecule has 0 aromatic carbocycles. The molecular formula is C12H15N3S. The summed E-state index contributed by atoms with van der Waals surface area (Å²) in [5, 5.41) is 3.30. The first-order valence-corrected chi connectivity index (χ1v) is 6.05. The van der Waals surface area contributed by atoms with Crippen molar-refractivity contribution >= 4 is 17.2 Å². The standard InChI is InChI=1S/C12H15N3S/c1-8-4-11(16-10(8)3)6-13-12-5-9(2)14-7-15-12/h4-5,7H,6H2,1-3H3,(H,13,14,15). The number of aryl methyl sites for hydroxylation is 3. The second-order valence-electron chi connectivity index (χ2n) is 3.85. The van der Waals surface area contributed by atoms with E-state index in [0.717, 1.165) is 18.1 Å². The summed E-state index contributed by atoms with van der Waals surface area (Å²) in [5.41, 5.74) is 2.34. The van der Waals surface area contributed by atoms with E-state index in [1.165, 1.54) is 15.3 Å². The van der Waals surface area contributed by atoms with Gasteiger partial charge in [0.1, 0.15) is 12.1 Å². The van der Waals surface area contributed by atoms with Crippen molar-refractivity contribution in [2.75, 3.05) is 5.32 Å². The van der Waals surface area contributed by atoms with E-state index in [0.29, 0.717) is 0 Å². The predicted molar refractivity (Wildman–Crippen MR) is 67.9 cm³/mol. The normalized spacial score (nSPS) is 10.4. The van der Waals surface area contributed by atoms with Crippen molar-refractivity contribution in [3.05, 3.63) is 39.5 Å². The van der Waals surface area contributed by atoms with E-state index >= 15 is 0 Å². The monoisotopic (exact) mass is 233 g/mol. The van der Waals surface area contributed by atoms with Gasteiger partial charge in [-0.2, -0.15) is 0 Å². The molecular weight excluding hydrogens is 218 g/mol. The zero-order valence-corrected chi connectivity index (χ0v) is 10.6. The first kappa shape index (κ1) is 11.1. The van der Waals surface area contributed by atoms with E-state index in [4.69, 9.17) is 0 Å². The molecule has 2 heterocycles. The minimum atomic E-state index is 0.829. The predicted octanol–water partition coefficient (Wildman–Crippen LogP) is 3.08.